The number of hydrogen-bond acceptors (Lipinski definition) is 3. The van der Waals surface area contributed by atoms with Crippen molar-refractivity contribution >= 4 is 51.9 Å². The van der Waals surface area contributed by atoms with Crippen LogP contribution in [0.15, 0.2) is 23.9 Å². The van der Waals surface area contributed by atoms with Crippen LogP contribution in [0, 0.1) is 3.57 Å². The normalized spacial score (nSPS) is 16.7. The lowest BCUT2D eigenvalue weighted by atomic mass is 10.2. The number of thiocarbonyl (C=S) groups is 1. The maximum Gasteiger partial charge on any atom is 0.273 e. The number of rotatable bonds is 3. The predicted molar refractivity (Wildman–Crippen MR) is 82.2 cm³/mol. The first-order valence-electron chi connectivity index (χ1n) is 5.36. The van der Waals surface area contributed by atoms with Crippen molar-refractivity contribution in [3.8, 4) is 5.75 Å². The molecular formula is C12H11IN2O2S. The van der Waals surface area contributed by atoms with Gasteiger partial charge in [0.05, 0.1) is 10.2 Å². The Balaban J connectivity index is 2.25. The summed E-state index contributed by atoms with van der Waals surface area (Å²) in [7, 11) is 0. The number of nitrogens with one attached hydrogen (secondary N) is 2. The van der Waals surface area contributed by atoms with E-state index < -0.39 is 0 Å². The van der Waals surface area contributed by atoms with Gasteiger partial charge in [-0.1, -0.05) is 6.07 Å². The van der Waals surface area contributed by atoms with E-state index in [4.69, 9.17) is 17.0 Å². The van der Waals surface area contributed by atoms with Crippen LogP contribution in [-0.2, 0) is 4.79 Å². The van der Waals surface area contributed by atoms with Crippen molar-refractivity contribution in [2.24, 2.45) is 0 Å². The van der Waals surface area contributed by atoms with Crippen molar-refractivity contribution in [3.05, 3.63) is 33.0 Å². The summed E-state index contributed by atoms with van der Waals surface area (Å²) in [5.41, 5.74) is 1.38. The van der Waals surface area contributed by atoms with Crippen molar-refractivity contribution in [2.75, 3.05) is 6.61 Å². The molecule has 2 rings (SSSR count). The molecule has 1 aliphatic heterocycles. The predicted octanol–water partition coefficient (Wildman–Crippen LogP) is 2.04. The summed E-state index contributed by atoms with van der Waals surface area (Å²) >= 11 is 7.07. The fourth-order valence-corrected chi connectivity index (χ4v) is 2.43. The van der Waals surface area contributed by atoms with Crippen LogP contribution in [0.2, 0.25) is 0 Å². The molecule has 1 fully saturated rings. The van der Waals surface area contributed by atoms with Crippen molar-refractivity contribution in [3.63, 3.8) is 0 Å². The van der Waals surface area contributed by atoms with Gasteiger partial charge in [-0.15, -0.1) is 0 Å². The molecule has 94 valence electrons. The lowest BCUT2D eigenvalue weighted by molar-refractivity contribution is -0.115. The van der Waals surface area contributed by atoms with Gasteiger partial charge < -0.3 is 10.1 Å². The molecule has 0 aliphatic carbocycles. The van der Waals surface area contributed by atoms with Crippen molar-refractivity contribution in [1.29, 1.82) is 0 Å². The molecule has 1 amide bonds. The highest BCUT2D eigenvalue weighted by atomic mass is 127. The maximum atomic E-state index is 11.5. The van der Waals surface area contributed by atoms with E-state index in [0.717, 1.165) is 14.9 Å². The van der Waals surface area contributed by atoms with Crippen molar-refractivity contribution in [2.45, 2.75) is 6.92 Å². The molecule has 0 aromatic heterocycles. The first kappa shape index (κ1) is 13.3. The van der Waals surface area contributed by atoms with E-state index in [1.54, 1.807) is 6.08 Å². The van der Waals surface area contributed by atoms with Crippen LogP contribution in [-0.4, -0.2) is 17.6 Å². The van der Waals surface area contributed by atoms with Crippen molar-refractivity contribution in [1.82, 2.24) is 10.6 Å². The Morgan fingerprint density at radius 1 is 1.44 bits per heavy atom. The van der Waals surface area contributed by atoms with Gasteiger partial charge in [0.25, 0.3) is 5.91 Å². The minimum Gasteiger partial charge on any atom is -0.493 e. The zero-order chi connectivity index (χ0) is 13.1. The molecule has 1 aromatic rings. The lowest BCUT2D eigenvalue weighted by Gasteiger charge is -2.06. The van der Waals surface area contributed by atoms with E-state index in [0.29, 0.717) is 17.4 Å². The Labute approximate surface area is 124 Å². The number of ether oxygens (including phenoxy) is 1. The molecule has 0 bridgehead atoms. The number of carbonyl (C=O) groups excluding carboxylic acids is 1. The lowest BCUT2D eigenvalue weighted by Crippen LogP contribution is -2.21. The molecule has 1 aliphatic rings. The third-order valence-electron chi connectivity index (χ3n) is 2.29. The van der Waals surface area contributed by atoms with Gasteiger partial charge in [0, 0.05) is 0 Å². The average molecular weight is 374 g/mol. The first-order valence-corrected chi connectivity index (χ1v) is 6.85. The van der Waals surface area contributed by atoms with E-state index >= 15 is 0 Å². The maximum absolute atomic E-state index is 11.5. The largest absolute Gasteiger partial charge is 0.493 e. The van der Waals surface area contributed by atoms with Crippen LogP contribution >= 0.6 is 34.8 Å². The SMILES string of the molecule is CCOc1ccc(C=C2NC(=S)NC2=O)cc1I. The van der Waals surface area contributed by atoms with Crippen LogP contribution in [0.4, 0.5) is 0 Å². The summed E-state index contributed by atoms with van der Waals surface area (Å²) in [5, 5.41) is 5.67. The highest BCUT2D eigenvalue weighted by Gasteiger charge is 2.19. The zero-order valence-electron chi connectivity index (χ0n) is 9.62. The van der Waals surface area contributed by atoms with Gasteiger partial charge >= 0.3 is 0 Å². The summed E-state index contributed by atoms with van der Waals surface area (Å²) in [6.07, 6.45) is 1.76. The van der Waals surface area contributed by atoms with Gasteiger partial charge in [-0.25, -0.2) is 0 Å². The third-order valence-corrected chi connectivity index (χ3v) is 3.33. The molecule has 6 heteroatoms. The topological polar surface area (TPSA) is 50.4 Å². The minimum absolute atomic E-state index is 0.205. The molecule has 1 aromatic carbocycles. The summed E-state index contributed by atoms with van der Waals surface area (Å²) in [5.74, 6) is 0.642. The number of halogens is 1. The second-order valence-corrected chi connectivity index (χ2v) is 5.16. The monoisotopic (exact) mass is 374 g/mol. The fourth-order valence-electron chi connectivity index (χ4n) is 1.53. The Kier molecular flexibility index (Phi) is 4.18. The van der Waals surface area contributed by atoms with Crippen molar-refractivity contribution < 1.29 is 9.53 Å². The van der Waals surface area contributed by atoms with E-state index in [2.05, 4.69) is 33.2 Å². The smallest absolute Gasteiger partial charge is 0.273 e. The second-order valence-electron chi connectivity index (χ2n) is 3.59. The standard InChI is InChI=1S/C12H11IN2O2S/c1-2-17-10-4-3-7(5-8(10)13)6-9-11(16)15-12(18)14-9/h3-6H,2H2,1H3,(H2,14,15,16,18). The summed E-state index contributed by atoms with van der Waals surface area (Å²) in [4.78, 5) is 11.5. The highest BCUT2D eigenvalue weighted by molar-refractivity contribution is 14.1. The third kappa shape index (κ3) is 2.99. The highest BCUT2D eigenvalue weighted by Crippen LogP contribution is 2.23. The van der Waals surface area contributed by atoms with Gasteiger partial charge in [0.1, 0.15) is 11.4 Å². The molecule has 2 N–H and O–H groups in total. The number of hydrogen-bond donors (Lipinski definition) is 2. The molecule has 0 saturated carbocycles. The van der Waals surface area contributed by atoms with Crippen LogP contribution in [0.25, 0.3) is 6.08 Å². The number of benzene rings is 1. The summed E-state index contributed by atoms with van der Waals surface area (Å²) in [6, 6.07) is 5.74. The first-order chi connectivity index (χ1) is 8.60. The zero-order valence-corrected chi connectivity index (χ0v) is 12.6. The molecule has 0 spiro atoms. The van der Waals surface area contributed by atoms with E-state index in [1.807, 2.05) is 25.1 Å². The Hall–Kier alpha value is -1.15. The van der Waals surface area contributed by atoms with E-state index in [9.17, 15) is 4.79 Å². The van der Waals surface area contributed by atoms with Gasteiger partial charge in [0.15, 0.2) is 5.11 Å². The molecule has 0 radical (unpaired) electrons. The van der Waals surface area contributed by atoms with Gasteiger partial charge in [-0.3, -0.25) is 10.1 Å². The van der Waals surface area contributed by atoms with Crippen LogP contribution in [0.1, 0.15) is 12.5 Å². The molecule has 1 heterocycles. The summed E-state index contributed by atoms with van der Waals surface area (Å²) in [6.45, 7) is 2.58. The van der Waals surface area contributed by atoms with Crippen LogP contribution < -0.4 is 15.4 Å². The van der Waals surface area contributed by atoms with Gasteiger partial charge in [-0.2, -0.15) is 0 Å². The summed E-state index contributed by atoms with van der Waals surface area (Å²) < 4.78 is 6.46. The van der Waals surface area contributed by atoms with Gasteiger partial charge in [0.2, 0.25) is 0 Å². The van der Waals surface area contributed by atoms with E-state index in [-0.39, 0.29) is 5.91 Å². The molecular weight excluding hydrogens is 363 g/mol. The quantitative estimate of drug-likeness (QED) is 0.483. The molecule has 0 unspecified atom stereocenters. The average Bonchev–Trinajstić information content (AvgIpc) is 2.61. The number of carbonyl (C=O) groups is 1. The fraction of sp³-hybridized carbons (Fsp3) is 0.167. The van der Waals surface area contributed by atoms with Crippen LogP contribution in [0.5, 0.6) is 5.75 Å². The molecule has 0 atom stereocenters. The number of amides is 1. The molecule has 1 saturated heterocycles. The van der Waals surface area contributed by atoms with E-state index in [1.165, 1.54) is 0 Å². The Morgan fingerprint density at radius 2 is 2.22 bits per heavy atom. The Bertz CT molecular complexity index is 543. The van der Waals surface area contributed by atoms with Gasteiger partial charge in [-0.05, 0) is 65.5 Å². The minimum atomic E-state index is -0.205. The van der Waals surface area contributed by atoms with Crippen LogP contribution in [0.3, 0.4) is 0 Å². The molecule has 18 heavy (non-hydrogen) atoms. The Morgan fingerprint density at radius 3 is 2.78 bits per heavy atom. The molecule has 4 nitrogen and oxygen atoms in total. The second kappa shape index (κ2) is 5.66.